The fourth-order valence-corrected chi connectivity index (χ4v) is 3.30. The van der Waals surface area contributed by atoms with E-state index >= 15 is 0 Å². The highest BCUT2D eigenvalue weighted by molar-refractivity contribution is 6.43. The molecule has 0 bridgehead atoms. The molecule has 0 fully saturated rings. The zero-order valence-corrected chi connectivity index (χ0v) is 18.1. The van der Waals surface area contributed by atoms with Crippen molar-refractivity contribution in [2.45, 2.75) is 52.5 Å². The highest BCUT2D eigenvalue weighted by atomic mass is 16.2. The molecule has 1 aliphatic carbocycles. The second-order valence-electron chi connectivity index (χ2n) is 7.81. The lowest BCUT2D eigenvalue weighted by Gasteiger charge is -2.35. The molecule has 2 unspecified atom stereocenters. The molecule has 0 saturated heterocycles. The third-order valence-corrected chi connectivity index (χ3v) is 5.56. The van der Waals surface area contributed by atoms with Crippen molar-refractivity contribution < 1.29 is 9.59 Å². The van der Waals surface area contributed by atoms with Gasteiger partial charge in [-0.2, -0.15) is 5.11 Å². The number of carbonyl (C=O) groups excluding carboxylic acids is 2. The van der Waals surface area contributed by atoms with Gasteiger partial charge in [-0.05, 0) is 37.1 Å². The van der Waals surface area contributed by atoms with Gasteiger partial charge in [-0.1, -0.05) is 50.6 Å². The number of hydrogen-bond acceptors (Lipinski definition) is 5. The lowest BCUT2D eigenvalue weighted by atomic mass is 9.69. The summed E-state index contributed by atoms with van der Waals surface area (Å²) in [6.45, 7) is 5.99. The smallest absolute Gasteiger partial charge is 0.225 e. The Morgan fingerprint density at radius 1 is 1.17 bits per heavy atom. The molecular weight excluding hydrogens is 364 g/mol. The topological polar surface area (TPSA) is 74.1 Å². The van der Waals surface area contributed by atoms with Crippen LogP contribution in [-0.4, -0.2) is 31.7 Å². The van der Waals surface area contributed by atoms with E-state index in [1.807, 2.05) is 70.1 Å². The first kappa shape index (κ1) is 22.5. The number of ketones is 2. The van der Waals surface area contributed by atoms with E-state index in [1.165, 1.54) is 0 Å². The minimum absolute atomic E-state index is 0.298. The van der Waals surface area contributed by atoms with Gasteiger partial charge in [-0.3, -0.25) is 15.0 Å². The molecule has 6 heteroatoms. The fraction of sp³-hybridized carbons (Fsp3) is 0.478. The van der Waals surface area contributed by atoms with Crippen molar-refractivity contribution >= 4 is 22.9 Å². The maximum absolute atomic E-state index is 12.8. The van der Waals surface area contributed by atoms with Crippen LogP contribution in [-0.2, 0) is 9.59 Å². The molecule has 2 atom stereocenters. The zero-order valence-electron chi connectivity index (χ0n) is 18.1. The minimum atomic E-state index is -0.562. The summed E-state index contributed by atoms with van der Waals surface area (Å²) in [6.07, 6.45) is 8.08. The van der Waals surface area contributed by atoms with Crippen LogP contribution in [0.2, 0.25) is 0 Å². The first-order valence-electron chi connectivity index (χ1n) is 10.2. The van der Waals surface area contributed by atoms with Crippen LogP contribution >= 0.6 is 0 Å². The predicted molar refractivity (Wildman–Crippen MR) is 118 cm³/mol. The SMILES string of the molecule is CCCCC(=O)C(=O)C1=CC=CC(N=NNc2ccc(N(C)C)cc2)C1(C)CC. The van der Waals surface area contributed by atoms with Crippen LogP contribution in [0.3, 0.4) is 0 Å². The van der Waals surface area contributed by atoms with Crippen LogP contribution in [0.1, 0.15) is 46.5 Å². The van der Waals surface area contributed by atoms with Crippen molar-refractivity contribution in [3.63, 3.8) is 0 Å². The quantitative estimate of drug-likeness (QED) is 0.337. The molecule has 1 aromatic carbocycles. The van der Waals surface area contributed by atoms with Gasteiger partial charge in [0.15, 0.2) is 0 Å². The Bertz CT molecular complexity index is 809. The Kier molecular flexibility index (Phi) is 7.88. The van der Waals surface area contributed by atoms with Crippen molar-refractivity contribution in [3.8, 4) is 0 Å². The summed E-state index contributed by atoms with van der Waals surface area (Å²) in [6, 6.07) is 7.55. The molecule has 0 aliphatic heterocycles. The molecule has 0 heterocycles. The number of nitrogens with one attached hydrogen (secondary N) is 1. The normalized spacial score (nSPS) is 21.1. The Morgan fingerprint density at radius 2 is 1.86 bits per heavy atom. The third-order valence-electron chi connectivity index (χ3n) is 5.56. The van der Waals surface area contributed by atoms with E-state index in [0.29, 0.717) is 18.4 Å². The number of allylic oxidation sites excluding steroid dienone is 2. The van der Waals surface area contributed by atoms with Crippen molar-refractivity contribution in [2.24, 2.45) is 15.8 Å². The van der Waals surface area contributed by atoms with E-state index in [4.69, 9.17) is 0 Å². The largest absolute Gasteiger partial charge is 0.378 e. The van der Waals surface area contributed by atoms with Crippen molar-refractivity contribution in [2.75, 3.05) is 24.4 Å². The standard InChI is InChI=1S/C23H32N4O2/c1-6-8-11-20(28)22(29)19-10-9-12-21(23(19,3)7-2)25-26-24-17-13-15-18(16-14-17)27(4)5/h9-10,12-16,21H,6-8,11H2,1-5H3,(H,24,25). The zero-order chi connectivity index (χ0) is 21.4. The molecule has 156 valence electrons. The van der Waals surface area contributed by atoms with Gasteiger partial charge in [0.1, 0.15) is 6.04 Å². The first-order chi connectivity index (χ1) is 13.8. The van der Waals surface area contributed by atoms with Crippen LogP contribution in [0.5, 0.6) is 0 Å². The second-order valence-corrected chi connectivity index (χ2v) is 7.81. The minimum Gasteiger partial charge on any atom is -0.378 e. The first-order valence-corrected chi connectivity index (χ1v) is 10.2. The van der Waals surface area contributed by atoms with Crippen LogP contribution < -0.4 is 10.3 Å². The molecule has 1 aliphatic rings. The van der Waals surface area contributed by atoms with E-state index < -0.39 is 5.41 Å². The van der Waals surface area contributed by atoms with Gasteiger partial charge < -0.3 is 4.90 Å². The number of carbonyl (C=O) groups is 2. The Balaban J connectivity index is 2.11. The summed E-state index contributed by atoms with van der Waals surface area (Å²) in [5, 5.41) is 8.58. The van der Waals surface area contributed by atoms with Crippen molar-refractivity contribution in [1.82, 2.24) is 0 Å². The highest BCUT2D eigenvalue weighted by Gasteiger charge is 2.41. The molecule has 0 radical (unpaired) electrons. The second kappa shape index (κ2) is 10.1. The highest BCUT2D eigenvalue weighted by Crippen LogP contribution is 2.40. The van der Waals surface area contributed by atoms with E-state index in [0.717, 1.165) is 24.2 Å². The maximum atomic E-state index is 12.8. The van der Waals surface area contributed by atoms with Crippen LogP contribution in [0.15, 0.2) is 58.4 Å². The third kappa shape index (κ3) is 5.40. The Morgan fingerprint density at radius 3 is 2.45 bits per heavy atom. The van der Waals surface area contributed by atoms with E-state index in [9.17, 15) is 9.59 Å². The van der Waals surface area contributed by atoms with Gasteiger partial charge in [0.25, 0.3) is 0 Å². The number of rotatable bonds is 10. The van der Waals surface area contributed by atoms with Crippen LogP contribution in [0, 0.1) is 5.41 Å². The molecule has 1 N–H and O–H groups in total. The van der Waals surface area contributed by atoms with Crippen LogP contribution in [0.4, 0.5) is 11.4 Å². The van der Waals surface area contributed by atoms with Gasteiger partial charge in [0, 0.05) is 37.2 Å². The molecule has 0 amide bonds. The van der Waals surface area contributed by atoms with Gasteiger partial charge >= 0.3 is 0 Å². The van der Waals surface area contributed by atoms with Gasteiger partial charge in [-0.15, -0.1) is 0 Å². The fourth-order valence-electron chi connectivity index (χ4n) is 3.30. The number of benzene rings is 1. The van der Waals surface area contributed by atoms with E-state index in [1.54, 1.807) is 12.2 Å². The molecule has 1 aromatic rings. The average molecular weight is 397 g/mol. The number of anilines is 2. The summed E-state index contributed by atoms with van der Waals surface area (Å²) < 4.78 is 0. The number of unbranched alkanes of at least 4 members (excludes halogenated alkanes) is 1. The molecular formula is C23H32N4O2. The average Bonchev–Trinajstić information content (AvgIpc) is 2.73. The van der Waals surface area contributed by atoms with Crippen molar-refractivity contribution in [1.29, 1.82) is 0 Å². The molecule has 29 heavy (non-hydrogen) atoms. The van der Waals surface area contributed by atoms with E-state index in [-0.39, 0.29) is 17.6 Å². The summed E-state index contributed by atoms with van der Waals surface area (Å²) >= 11 is 0. The Labute approximate surface area is 173 Å². The molecule has 2 rings (SSSR count). The maximum Gasteiger partial charge on any atom is 0.225 e. The van der Waals surface area contributed by atoms with Gasteiger partial charge in [-0.25, -0.2) is 0 Å². The number of hydrogen-bond donors (Lipinski definition) is 1. The predicted octanol–water partition coefficient (Wildman–Crippen LogP) is 5.14. The molecule has 0 spiro atoms. The number of Topliss-reactive ketones (excluding diaryl/α,β-unsaturated/α-hetero) is 2. The summed E-state index contributed by atoms with van der Waals surface area (Å²) in [5.74, 6) is -0.706. The summed E-state index contributed by atoms with van der Waals surface area (Å²) in [7, 11) is 3.98. The molecule has 6 nitrogen and oxygen atoms in total. The summed E-state index contributed by atoms with van der Waals surface area (Å²) in [5.41, 5.74) is 4.85. The molecule has 0 aromatic heterocycles. The van der Waals surface area contributed by atoms with Crippen molar-refractivity contribution in [3.05, 3.63) is 48.1 Å². The van der Waals surface area contributed by atoms with Gasteiger partial charge in [0.05, 0.1) is 5.69 Å². The Hall–Kier alpha value is -2.76. The molecule has 0 saturated carbocycles. The van der Waals surface area contributed by atoms with E-state index in [2.05, 4.69) is 15.8 Å². The van der Waals surface area contributed by atoms with Gasteiger partial charge in [0.2, 0.25) is 11.6 Å². The van der Waals surface area contributed by atoms with Crippen LogP contribution in [0.25, 0.3) is 0 Å². The summed E-state index contributed by atoms with van der Waals surface area (Å²) in [4.78, 5) is 27.1. The number of nitrogens with zero attached hydrogens (tertiary/aromatic N) is 3. The monoisotopic (exact) mass is 396 g/mol. The lowest BCUT2D eigenvalue weighted by Crippen LogP contribution is -2.38. The lowest BCUT2D eigenvalue weighted by molar-refractivity contribution is -0.135.